The van der Waals surface area contributed by atoms with Crippen molar-refractivity contribution in [2.75, 3.05) is 13.1 Å². The summed E-state index contributed by atoms with van der Waals surface area (Å²) < 4.78 is 5.36. The van der Waals surface area contributed by atoms with Crippen LogP contribution in [0.2, 0.25) is 10.0 Å². The molecule has 0 spiro atoms. The number of nitrogens with two attached hydrogens (primary N) is 1. The highest BCUT2D eigenvalue weighted by atomic mass is 35.5. The Balaban J connectivity index is 2.10. The van der Waals surface area contributed by atoms with Crippen LogP contribution in [0.5, 0.6) is 0 Å². The predicted octanol–water partition coefficient (Wildman–Crippen LogP) is 2.91. The average Bonchev–Trinajstić information content (AvgIpc) is 2.94. The minimum atomic E-state index is -0.592. The first-order valence-electron chi connectivity index (χ1n) is 6.65. The van der Waals surface area contributed by atoms with E-state index >= 15 is 0 Å². The van der Waals surface area contributed by atoms with Gasteiger partial charge >= 0.3 is 0 Å². The molecule has 0 saturated heterocycles. The van der Waals surface area contributed by atoms with Crippen LogP contribution in [-0.4, -0.2) is 29.2 Å². The number of benzene rings is 1. The number of aliphatic hydroxyl groups is 1. The molecule has 0 amide bonds. The van der Waals surface area contributed by atoms with Gasteiger partial charge in [0, 0.05) is 29.7 Å². The van der Waals surface area contributed by atoms with Gasteiger partial charge in [-0.1, -0.05) is 29.3 Å². The molecular weight excluding hydrogens is 311 g/mol. The van der Waals surface area contributed by atoms with Gasteiger partial charge in [-0.2, -0.15) is 0 Å². The molecule has 1 unspecified atom stereocenters. The van der Waals surface area contributed by atoms with Gasteiger partial charge in [0.2, 0.25) is 0 Å². The highest BCUT2D eigenvalue weighted by Crippen LogP contribution is 2.23. The minimum Gasteiger partial charge on any atom is -0.468 e. The first-order valence-corrected chi connectivity index (χ1v) is 7.41. The Kier molecular flexibility index (Phi) is 6.08. The van der Waals surface area contributed by atoms with E-state index in [0.717, 1.165) is 11.3 Å². The lowest BCUT2D eigenvalue weighted by Crippen LogP contribution is -2.35. The first-order chi connectivity index (χ1) is 10.1. The number of rotatable bonds is 7. The molecule has 0 saturated carbocycles. The number of halogens is 2. The molecule has 0 bridgehead atoms. The summed E-state index contributed by atoms with van der Waals surface area (Å²) in [6, 6.07) is 9.12. The molecule has 1 heterocycles. The minimum absolute atomic E-state index is 0.211. The molecule has 0 aliphatic carbocycles. The second-order valence-electron chi connectivity index (χ2n) is 4.87. The Morgan fingerprint density at radius 3 is 2.67 bits per heavy atom. The van der Waals surface area contributed by atoms with Crippen LogP contribution in [-0.2, 0) is 13.1 Å². The molecule has 2 rings (SSSR count). The fourth-order valence-electron chi connectivity index (χ4n) is 2.07. The molecule has 0 aliphatic rings. The standard InChI is InChI=1S/C15H18Cl2N2O2/c16-12-4-3-11(15(17)6-12)8-19(9-13(20)7-18)10-14-2-1-5-21-14/h1-6,13,20H,7-10,18H2. The monoisotopic (exact) mass is 328 g/mol. The van der Waals surface area contributed by atoms with Crippen LogP contribution in [0, 0.1) is 0 Å². The van der Waals surface area contributed by atoms with Gasteiger partial charge in [0.25, 0.3) is 0 Å². The molecular formula is C15H18Cl2N2O2. The van der Waals surface area contributed by atoms with E-state index in [1.165, 1.54) is 0 Å². The molecule has 6 heteroatoms. The molecule has 1 aromatic heterocycles. The van der Waals surface area contributed by atoms with Crippen molar-refractivity contribution in [1.29, 1.82) is 0 Å². The average molecular weight is 329 g/mol. The molecule has 2 aromatic rings. The van der Waals surface area contributed by atoms with E-state index < -0.39 is 6.10 Å². The normalized spacial score (nSPS) is 12.8. The summed E-state index contributed by atoms with van der Waals surface area (Å²) in [5.41, 5.74) is 6.43. The molecule has 4 nitrogen and oxygen atoms in total. The van der Waals surface area contributed by atoms with Crippen molar-refractivity contribution in [2.24, 2.45) is 5.73 Å². The third-order valence-corrected chi connectivity index (χ3v) is 3.70. The van der Waals surface area contributed by atoms with Crippen molar-refractivity contribution < 1.29 is 9.52 Å². The van der Waals surface area contributed by atoms with Gasteiger partial charge in [-0.25, -0.2) is 0 Å². The van der Waals surface area contributed by atoms with Crippen molar-refractivity contribution in [3.05, 3.63) is 58.0 Å². The topological polar surface area (TPSA) is 62.6 Å². The number of hydrogen-bond acceptors (Lipinski definition) is 4. The lowest BCUT2D eigenvalue weighted by Gasteiger charge is -2.24. The number of aliphatic hydroxyl groups excluding tert-OH is 1. The first kappa shape index (κ1) is 16.3. The molecule has 3 N–H and O–H groups in total. The van der Waals surface area contributed by atoms with Gasteiger partial charge in [-0.05, 0) is 29.8 Å². The van der Waals surface area contributed by atoms with E-state index in [1.54, 1.807) is 18.4 Å². The van der Waals surface area contributed by atoms with E-state index in [9.17, 15) is 5.11 Å². The highest BCUT2D eigenvalue weighted by molar-refractivity contribution is 6.35. The Morgan fingerprint density at radius 2 is 2.05 bits per heavy atom. The van der Waals surface area contributed by atoms with Gasteiger partial charge in [0.15, 0.2) is 0 Å². The lowest BCUT2D eigenvalue weighted by atomic mass is 10.2. The molecule has 21 heavy (non-hydrogen) atoms. The summed E-state index contributed by atoms with van der Waals surface area (Å²) in [5, 5.41) is 11.0. The van der Waals surface area contributed by atoms with E-state index in [0.29, 0.717) is 29.7 Å². The van der Waals surface area contributed by atoms with E-state index in [2.05, 4.69) is 0 Å². The number of hydrogen-bond donors (Lipinski definition) is 2. The highest BCUT2D eigenvalue weighted by Gasteiger charge is 2.14. The predicted molar refractivity (Wildman–Crippen MR) is 84.3 cm³/mol. The summed E-state index contributed by atoms with van der Waals surface area (Å²) in [5.74, 6) is 0.823. The number of furan rings is 1. The zero-order chi connectivity index (χ0) is 15.2. The quantitative estimate of drug-likeness (QED) is 0.820. The Morgan fingerprint density at radius 1 is 1.24 bits per heavy atom. The van der Waals surface area contributed by atoms with E-state index in [1.807, 2.05) is 23.1 Å². The molecule has 0 radical (unpaired) electrons. The van der Waals surface area contributed by atoms with Crippen LogP contribution >= 0.6 is 23.2 Å². The summed E-state index contributed by atoms with van der Waals surface area (Å²) >= 11 is 12.1. The fraction of sp³-hybridized carbons (Fsp3) is 0.333. The molecule has 0 fully saturated rings. The summed E-state index contributed by atoms with van der Waals surface area (Å²) in [6.45, 7) is 1.80. The smallest absolute Gasteiger partial charge is 0.117 e. The Hall–Kier alpha value is -1.04. The van der Waals surface area contributed by atoms with Gasteiger partial charge < -0.3 is 15.3 Å². The van der Waals surface area contributed by atoms with E-state index in [4.69, 9.17) is 33.4 Å². The molecule has 0 aliphatic heterocycles. The zero-order valence-corrected chi connectivity index (χ0v) is 13.0. The van der Waals surface area contributed by atoms with Crippen LogP contribution in [0.3, 0.4) is 0 Å². The maximum Gasteiger partial charge on any atom is 0.117 e. The van der Waals surface area contributed by atoms with Crippen molar-refractivity contribution in [3.63, 3.8) is 0 Å². The molecule has 1 atom stereocenters. The van der Waals surface area contributed by atoms with Gasteiger partial charge in [0.05, 0.1) is 18.9 Å². The maximum atomic E-state index is 9.80. The fourth-order valence-corrected chi connectivity index (χ4v) is 2.54. The third-order valence-electron chi connectivity index (χ3n) is 3.11. The van der Waals surface area contributed by atoms with Crippen molar-refractivity contribution in [2.45, 2.75) is 19.2 Å². The van der Waals surface area contributed by atoms with Crippen LogP contribution in [0.4, 0.5) is 0 Å². The maximum absolute atomic E-state index is 9.80. The summed E-state index contributed by atoms with van der Waals surface area (Å²) in [7, 11) is 0. The Labute approximate surface area is 134 Å². The third kappa shape index (κ3) is 5.02. The molecule has 114 valence electrons. The zero-order valence-electron chi connectivity index (χ0n) is 11.5. The lowest BCUT2D eigenvalue weighted by molar-refractivity contribution is 0.106. The summed E-state index contributed by atoms with van der Waals surface area (Å²) in [6.07, 6.45) is 1.04. The summed E-state index contributed by atoms with van der Waals surface area (Å²) in [4.78, 5) is 2.03. The Bertz CT molecular complexity index is 561. The van der Waals surface area contributed by atoms with Crippen LogP contribution in [0.1, 0.15) is 11.3 Å². The van der Waals surface area contributed by atoms with Crippen LogP contribution in [0.25, 0.3) is 0 Å². The molecule has 1 aromatic carbocycles. The van der Waals surface area contributed by atoms with E-state index in [-0.39, 0.29) is 6.54 Å². The van der Waals surface area contributed by atoms with Crippen molar-refractivity contribution in [1.82, 2.24) is 4.90 Å². The second kappa shape index (κ2) is 7.82. The van der Waals surface area contributed by atoms with Crippen molar-refractivity contribution in [3.8, 4) is 0 Å². The second-order valence-corrected chi connectivity index (χ2v) is 5.72. The van der Waals surface area contributed by atoms with Crippen LogP contribution in [0.15, 0.2) is 41.0 Å². The number of nitrogens with zero attached hydrogens (tertiary/aromatic N) is 1. The SMILES string of the molecule is NCC(O)CN(Cc1ccco1)Cc1ccc(Cl)cc1Cl. The van der Waals surface area contributed by atoms with Crippen molar-refractivity contribution >= 4 is 23.2 Å². The van der Waals surface area contributed by atoms with Gasteiger partial charge in [-0.3, -0.25) is 4.90 Å². The van der Waals surface area contributed by atoms with Crippen LogP contribution < -0.4 is 5.73 Å². The largest absolute Gasteiger partial charge is 0.468 e. The van der Waals surface area contributed by atoms with Gasteiger partial charge in [0.1, 0.15) is 5.76 Å². The van der Waals surface area contributed by atoms with Gasteiger partial charge in [-0.15, -0.1) is 0 Å².